The Hall–Kier alpha value is -2.69. The van der Waals surface area contributed by atoms with E-state index in [9.17, 15) is 4.39 Å². The Morgan fingerprint density at radius 2 is 2.24 bits per heavy atom. The summed E-state index contributed by atoms with van der Waals surface area (Å²) in [7, 11) is 0. The van der Waals surface area contributed by atoms with Gasteiger partial charge in [-0.1, -0.05) is 0 Å². The Balaban J connectivity index is 1.62. The standard InChI is InChI=1S/C16H13FN4/c17-13-2-3-14-12(7-13)8-15(20-14)11-1-4-16(19-9-11)21-6-5-18-10-21/h1-2,4-10,14,20H,3H2. The molecule has 1 N–H and O–H groups in total. The maximum Gasteiger partial charge on any atom is 0.137 e. The van der Waals surface area contributed by atoms with Crippen molar-refractivity contribution in [2.75, 3.05) is 0 Å². The fourth-order valence-electron chi connectivity index (χ4n) is 2.63. The molecule has 1 aliphatic heterocycles. The van der Waals surface area contributed by atoms with Gasteiger partial charge in [-0.05, 0) is 42.4 Å². The number of rotatable bonds is 2. The zero-order valence-electron chi connectivity index (χ0n) is 11.2. The summed E-state index contributed by atoms with van der Waals surface area (Å²) >= 11 is 0. The van der Waals surface area contributed by atoms with Crippen molar-refractivity contribution in [2.45, 2.75) is 12.5 Å². The number of hydrogen-bond acceptors (Lipinski definition) is 3. The first-order valence-corrected chi connectivity index (χ1v) is 6.80. The third-order valence-corrected chi connectivity index (χ3v) is 3.72. The van der Waals surface area contributed by atoms with Crippen LogP contribution < -0.4 is 5.32 Å². The van der Waals surface area contributed by atoms with Crippen LogP contribution in [0.3, 0.4) is 0 Å². The molecule has 5 heteroatoms. The van der Waals surface area contributed by atoms with Crippen molar-refractivity contribution in [3.05, 3.63) is 72.2 Å². The Kier molecular flexibility index (Phi) is 2.70. The molecule has 1 aliphatic carbocycles. The quantitative estimate of drug-likeness (QED) is 0.919. The van der Waals surface area contributed by atoms with Crippen molar-refractivity contribution < 1.29 is 4.39 Å². The number of fused-ring (bicyclic) bond motifs is 1. The van der Waals surface area contributed by atoms with Gasteiger partial charge in [-0.15, -0.1) is 0 Å². The Morgan fingerprint density at radius 3 is 3.00 bits per heavy atom. The molecule has 0 bridgehead atoms. The third-order valence-electron chi connectivity index (χ3n) is 3.72. The first kappa shape index (κ1) is 12.1. The topological polar surface area (TPSA) is 42.7 Å². The molecule has 0 radical (unpaired) electrons. The van der Waals surface area contributed by atoms with Gasteiger partial charge in [0.2, 0.25) is 0 Å². The van der Waals surface area contributed by atoms with Gasteiger partial charge < -0.3 is 5.32 Å². The molecule has 2 aliphatic rings. The minimum Gasteiger partial charge on any atom is -0.377 e. The lowest BCUT2D eigenvalue weighted by molar-refractivity contribution is 0.623. The monoisotopic (exact) mass is 280 g/mol. The Morgan fingerprint density at radius 1 is 1.29 bits per heavy atom. The minimum atomic E-state index is -0.158. The molecule has 1 unspecified atom stereocenters. The van der Waals surface area contributed by atoms with E-state index in [-0.39, 0.29) is 11.9 Å². The van der Waals surface area contributed by atoms with Crippen molar-refractivity contribution in [2.24, 2.45) is 0 Å². The molecule has 2 aromatic heterocycles. The summed E-state index contributed by atoms with van der Waals surface area (Å²) in [5.74, 6) is 0.660. The highest BCUT2D eigenvalue weighted by molar-refractivity contribution is 5.72. The number of pyridine rings is 1. The number of hydrogen-bond donors (Lipinski definition) is 1. The predicted octanol–water partition coefficient (Wildman–Crippen LogP) is 2.76. The van der Waals surface area contributed by atoms with E-state index in [1.165, 1.54) is 0 Å². The molecule has 0 amide bonds. The summed E-state index contributed by atoms with van der Waals surface area (Å²) in [5, 5.41) is 3.41. The zero-order valence-corrected chi connectivity index (χ0v) is 11.2. The van der Waals surface area contributed by atoms with Gasteiger partial charge >= 0.3 is 0 Å². The van der Waals surface area contributed by atoms with Crippen LogP contribution >= 0.6 is 0 Å². The highest BCUT2D eigenvalue weighted by atomic mass is 19.1. The molecule has 0 saturated carbocycles. The van der Waals surface area contributed by atoms with Gasteiger partial charge in [-0.2, -0.15) is 0 Å². The molecule has 1 atom stereocenters. The summed E-state index contributed by atoms with van der Waals surface area (Å²) in [5.41, 5.74) is 2.97. The maximum atomic E-state index is 13.3. The molecular formula is C16H13FN4. The van der Waals surface area contributed by atoms with Crippen LogP contribution in [-0.4, -0.2) is 20.6 Å². The number of imidazole rings is 1. The van der Waals surface area contributed by atoms with Crippen LogP contribution in [0.25, 0.3) is 11.5 Å². The van der Waals surface area contributed by atoms with Crippen LogP contribution in [0.4, 0.5) is 4.39 Å². The number of nitrogens with one attached hydrogen (secondary N) is 1. The van der Waals surface area contributed by atoms with E-state index in [1.807, 2.05) is 35.2 Å². The van der Waals surface area contributed by atoms with Gasteiger partial charge in [0.1, 0.15) is 18.0 Å². The zero-order chi connectivity index (χ0) is 14.2. The van der Waals surface area contributed by atoms with E-state index >= 15 is 0 Å². The van der Waals surface area contributed by atoms with E-state index in [0.29, 0.717) is 6.42 Å². The molecule has 2 aromatic rings. The molecule has 4 rings (SSSR count). The van der Waals surface area contributed by atoms with Crippen molar-refractivity contribution in [1.29, 1.82) is 0 Å². The summed E-state index contributed by atoms with van der Waals surface area (Å²) in [4.78, 5) is 8.44. The molecule has 21 heavy (non-hydrogen) atoms. The average molecular weight is 280 g/mol. The van der Waals surface area contributed by atoms with Gasteiger partial charge in [0.05, 0.1) is 6.04 Å². The molecule has 104 valence electrons. The van der Waals surface area contributed by atoms with Crippen LogP contribution in [0.1, 0.15) is 12.0 Å². The van der Waals surface area contributed by atoms with Crippen molar-refractivity contribution in [3.8, 4) is 5.82 Å². The largest absolute Gasteiger partial charge is 0.377 e. The van der Waals surface area contributed by atoms with Gasteiger partial charge in [0, 0.05) is 29.9 Å². The van der Waals surface area contributed by atoms with Crippen LogP contribution in [0.5, 0.6) is 0 Å². The predicted molar refractivity (Wildman–Crippen MR) is 78.2 cm³/mol. The van der Waals surface area contributed by atoms with Crippen LogP contribution in [0, 0.1) is 0 Å². The normalized spacial score (nSPS) is 20.2. The summed E-state index contributed by atoms with van der Waals surface area (Å²) < 4.78 is 15.1. The molecule has 0 aromatic carbocycles. The third kappa shape index (κ3) is 2.16. The molecule has 0 saturated heterocycles. The van der Waals surface area contributed by atoms with E-state index in [2.05, 4.69) is 15.3 Å². The van der Waals surface area contributed by atoms with E-state index in [4.69, 9.17) is 0 Å². The second kappa shape index (κ2) is 4.70. The fourth-order valence-corrected chi connectivity index (χ4v) is 2.63. The maximum absolute atomic E-state index is 13.3. The van der Waals surface area contributed by atoms with Crippen LogP contribution in [0.2, 0.25) is 0 Å². The van der Waals surface area contributed by atoms with Crippen molar-refractivity contribution >= 4 is 5.70 Å². The summed E-state index contributed by atoms with van der Waals surface area (Å²) in [6.07, 6.45) is 13.0. The lowest BCUT2D eigenvalue weighted by Crippen LogP contribution is -2.24. The minimum absolute atomic E-state index is 0.158. The first-order valence-electron chi connectivity index (χ1n) is 6.80. The van der Waals surface area contributed by atoms with Gasteiger partial charge in [-0.3, -0.25) is 4.57 Å². The second-order valence-electron chi connectivity index (χ2n) is 5.10. The number of aromatic nitrogens is 3. The lowest BCUT2D eigenvalue weighted by atomic mass is 10.0. The average Bonchev–Trinajstić information content (AvgIpc) is 3.16. The molecule has 4 nitrogen and oxygen atoms in total. The van der Waals surface area contributed by atoms with Gasteiger partial charge in [-0.25, -0.2) is 14.4 Å². The van der Waals surface area contributed by atoms with Gasteiger partial charge in [0.25, 0.3) is 0 Å². The van der Waals surface area contributed by atoms with E-state index in [0.717, 1.165) is 22.7 Å². The van der Waals surface area contributed by atoms with Crippen molar-refractivity contribution in [1.82, 2.24) is 19.9 Å². The first-order chi connectivity index (χ1) is 10.3. The second-order valence-corrected chi connectivity index (χ2v) is 5.10. The molecule has 0 fully saturated rings. The van der Waals surface area contributed by atoms with E-state index < -0.39 is 0 Å². The van der Waals surface area contributed by atoms with Crippen LogP contribution in [0.15, 0.2) is 66.7 Å². The number of allylic oxidation sites excluding steroid dienone is 2. The highest BCUT2D eigenvalue weighted by Gasteiger charge is 2.24. The fraction of sp³-hybridized carbons (Fsp3) is 0.125. The number of halogens is 1. The van der Waals surface area contributed by atoms with Gasteiger partial charge in [0.15, 0.2) is 0 Å². The molecular weight excluding hydrogens is 267 g/mol. The smallest absolute Gasteiger partial charge is 0.137 e. The van der Waals surface area contributed by atoms with Crippen LogP contribution in [-0.2, 0) is 0 Å². The van der Waals surface area contributed by atoms with Crippen molar-refractivity contribution in [3.63, 3.8) is 0 Å². The summed E-state index contributed by atoms with van der Waals surface area (Å²) in [6, 6.07) is 4.12. The highest BCUT2D eigenvalue weighted by Crippen LogP contribution is 2.29. The molecule has 0 spiro atoms. The SMILES string of the molecule is FC1=CCC2NC(c3ccc(-n4ccnc4)nc3)=CC2=C1. The summed E-state index contributed by atoms with van der Waals surface area (Å²) in [6.45, 7) is 0. The van der Waals surface area contributed by atoms with E-state index in [1.54, 1.807) is 24.7 Å². The Labute approximate surface area is 121 Å². The lowest BCUT2D eigenvalue weighted by Gasteiger charge is -2.16. The number of nitrogens with zero attached hydrogens (tertiary/aromatic N) is 3. The Bertz CT molecular complexity index is 754. The molecule has 3 heterocycles.